The van der Waals surface area contributed by atoms with Crippen molar-refractivity contribution in [1.82, 2.24) is 9.80 Å². The van der Waals surface area contributed by atoms with Gasteiger partial charge in [-0.2, -0.15) is 0 Å². The van der Waals surface area contributed by atoms with Gasteiger partial charge in [-0.25, -0.2) is 4.79 Å². The number of benzene rings is 1. The molecule has 1 aromatic rings. The van der Waals surface area contributed by atoms with Crippen LogP contribution in [0.25, 0.3) is 0 Å². The highest BCUT2D eigenvalue weighted by Gasteiger charge is 2.38. The van der Waals surface area contributed by atoms with E-state index in [1.54, 1.807) is 9.80 Å². The number of hydrogen-bond acceptors (Lipinski definition) is 3. The van der Waals surface area contributed by atoms with Crippen LogP contribution in [0.4, 0.5) is 10.5 Å². The first-order chi connectivity index (χ1) is 12.0. The van der Waals surface area contributed by atoms with Gasteiger partial charge in [0.2, 0.25) is 5.91 Å². The lowest BCUT2D eigenvalue weighted by molar-refractivity contribution is -0.132. The summed E-state index contributed by atoms with van der Waals surface area (Å²) < 4.78 is 0. The Labute approximate surface area is 148 Å². The molecule has 1 aromatic carbocycles. The predicted molar refractivity (Wildman–Crippen MR) is 96.8 cm³/mol. The minimum atomic E-state index is -0.138. The molecule has 4 rings (SSSR count). The second-order valence-electron chi connectivity index (χ2n) is 7.49. The van der Waals surface area contributed by atoms with Crippen LogP contribution in [0.5, 0.6) is 0 Å². The third-order valence-electron chi connectivity index (χ3n) is 5.25. The second kappa shape index (κ2) is 6.17. The van der Waals surface area contributed by atoms with Crippen molar-refractivity contribution in [2.75, 3.05) is 37.6 Å². The van der Waals surface area contributed by atoms with Gasteiger partial charge in [0.15, 0.2) is 0 Å². The number of para-hydroxylation sites is 1. The molecule has 1 saturated heterocycles. The molecule has 2 unspecified atom stereocenters. The van der Waals surface area contributed by atoms with Crippen LogP contribution in [0.15, 0.2) is 29.3 Å². The summed E-state index contributed by atoms with van der Waals surface area (Å²) in [4.78, 5) is 35.5. The first-order valence-electron chi connectivity index (χ1n) is 9.05. The zero-order valence-corrected chi connectivity index (χ0v) is 14.8. The standard InChI is InChI=1S/C19H24N4O2/c1-13-9-14(2)11-21(10-13)17(24)12-23-16-6-4-3-5-15(16)18-20-7-8-22(18)19(23)25/h3-6,13-14H,7-12H2,1-2H3. The highest BCUT2D eigenvalue weighted by atomic mass is 16.2. The minimum Gasteiger partial charge on any atom is -0.341 e. The van der Waals surface area contributed by atoms with Gasteiger partial charge in [0.1, 0.15) is 12.4 Å². The summed E-state index contributed by atoms with van der Waals surface area (Å²) in [5.74, 6) is 1.79. The number of rotatable bonds is 2. The van der Waals surface area contributed by atoms with Crippen LogP contribution < -0.4 is 4.90 Å². The number of fused-ring (bicyclic) bond motifs is 3. The number of amides is 3. The van der Waals surface area contributed by atoms with Gasteiger partial charge >= 0.3 is 6.03 Å². The van der Waals surface area contributed by atoms with Gasteiger partial charge < -0.3 is 4.90 Å². The molecule has 132 valence electrons. The first-order valence-corrected chi connectivity index (χ1v) is 9.05. The summed E-state index contributed by atoms with van der Waals surface area (Å²) in [6, 6.07) is 7.59. The van der Waals surface area contributed by atoms with E-state index in [0.717, 1.165) is 36.6 Å². The topological polar surface area (TPSA) is 56.2 Å². The maximum atomic E-state index is 12.9. The Morgan fingerprint density at radius 1 is 1.20 bits per heavy atom. The molecule has 3 amide bonds. The van der Waals surface area contributed by atoms with Crippen molar-refractivity contribution in [3.63, 3.8) is 0 Å². The molecule has 6 nitrogen and oxygen atoms in total. The predicted octanol–water partition coefficient (Wildman–Crippen LogP) is 2.19. The fourth-order valence-corrected chi connectivity index (χ4v) is 4.27. The van der Waals surface area contributed by atoms with Crippen molar-refractivity contribution < 1.29 is 9.59 Å². The zero-order chi connectivity index (χ0) is 17.6. The van der Waals surface area contributed by atoms with E-state index in [4.69, 9.17) is 0 Å². The lowest BCUT2D eigenvalue weighted by atomic mass is 9.92. The third-order valence-corrected chi connectivity index (χ3v) is 5.25. The molecule has 3 heterocycles. The average Bonchev–Trinajstić information content (AvgIpc) is 3.07. The maximum Gasteiger partial charge on any atom is 0.330 e. The molecule has 0 aromatic heterocycles. The molecular formula is C19H24N4O2. The van der Waals surface area contributed by atoms with Crippen LogP contribution in [-0.4, -0.2) is 60.3 Å². The number of likely N-dealkylation sites (tertiary alicyclic amines) is 1. The fraction of sp³-hybridized carbons (Fsp3) is 0.526. The number of carbonyl (C=O) groups is 2. The lowest BCUT2D eigenvalue weighted by Crippen LogP contribution is -2.54. The third kappa shape index (κ3) is 2.79. The summed E-state index contributed by atoms with van der Waals surface area (Å²) in [5.41, 5.74) is 1.73. The molecule has 3 aliphatic rings. The Morgan fingerprint density at radius 2 is 1.92 bits per heavy atom. The summed E-state index contributed by atoms with van der Waals surface area (Å²) in [6.45, 7) is 7.24. The van der Waals surface area contributed by atoms with E-state index < -0.39 is 0 Å². The van der Waals surface area contributed by atoms with Gasteiger partial charge in [-0.1, -0.05) is 26.0 Å². The number of anilines is 1. The van der Waals surface area contributed by atoms with E-state index in [1.807, 2.05) is 29.2 Å². The number of nitrogens with zero attached hydrogens (tertiary/aromatic N) is 4. The maximum absolute atomic E-state index is 12.9. The summed E-state index contributed by atoms with van der Waals surface area (Å²) >= 11 is 0. The van der Waals surface area contributed by atoms with Crippen molar-refractivity contribution in [3.05, 3.63) is 29.8 Å². The second-order valence-corrected chi connectivity index (χ2v) is 7.49. The largest absolute Gasteiger partial charge is 0.341 e. The van der Waals surface area contributed by atoms with Gasteiger partial charge in [-0.05, 0) is 30.4 Å². The van der Waals surface area contributed by atoms with Crippen LogP contribution in [-0.2, 0) is 4.79 Å². The fourth-order valence-electron chi connectivity index (χ4n) is 4.27. The quantitative estimate of drug-likeness (QED) is 0.829. The van der Waals surface area contributed by atoms with E-state index in [0.29, 0.717) is 24.9 Å². The van der Waals surface area contributed by atoms with Gasteiger partial charge in [-0.3, -0.25) is 19.6 Å². The Morgan fingerprint density at radius 3 is 2.68 bits per heavy atom. The Bertz CT molecular complexity index is 735. The van der Waals surface area contributed by atoms with Crippen LogP contribution in [0.3, 0.4) is 0 Å². The molecular weight excluding hydrogens is 316 g/mol. The number of urea groups is 1. The molecule has 6 heteroatoms. The highest BCUT2D eigenvalue weighted by molar-refractivity contribution is 6.20. The first kappa shape index (κ1) is 16.1. The number of aliphatic imine (C=N–C) groups is 1. The van der Waals surface area contributed by atoms with Gasteiger partial charge in [-0.15, -0.1) is 0 Å². The van der Waals surface area contributed by atoms with Crippen molar-refractivity contribution >= 4 is 23.5 Å². The molecule has 0 radical (unpaired) electrons. The molecule has 0 bridgehead atoms. The Kier molecular flexibility index (Phi) is 3.98. The van der Waals surface area contributed by atoms with Crippen LogP contribution in [0.1, 0.15) is 25.8 Å². The van der Waals surface area contributed by atoms with E-state index in [9.17, 15) is 9.59 Å². The molecule has 25 heavy (non-hydrogen) atoms. The molecule has 0 saturated carbocycles. The summed E-state index contributed by atoms with van der Waals surface area (Å²) in [5, 5.41) is 0. The SMILES string of the molecule is CC1CC(C)CN(C(=O)CN2C(=O)N3CCN=C3c3ccccc32)C1. The van der Waals surface area contributed by atoms with Crippen molar-refractivity contribution in [2.45, 2.75) is 20.3 Å². The normalized spacial score (nSPS) is 25.6. The Hall–Kier alpha value is -2.37. The monoisotopic (exact) mass is 340 g/mol. The molecule has 0 N–H and O–H groups in total. The van der Waals surface area contributed by atoms with Crippen LogP contribution in [0.2, 0.25) is 0 Å². The zero-order valence-electron chi connectivity index (χ0n) is 14.8. The number of amidine groups is 1. The molecule has 1 fully saturated rings. The lowest BCUT2D eigenvalue weighted by Gasteiger charge is -2.38. The van der Waals surface area contributed by atoms with Crippen molar-refractivity contribution in [3.8, 4) is 0 Å². The smallest absolute Gasteiger partial charge is 0.330 e. The molecule has 2 atom stereocenters. The van der Waals surface area contributed by atoms with Gasteiger partial charge in [0.05, 0.1) is 12.2 Å². The van der Waals surface area contributed by atoms with Crippen molar-refractivity contribution in [2.24, 2.45) is 16.8 Å². The van der Waals surface area contributed by atoms with Crippen molar-refractivity contribution in [1.29, 1.82) is 0 Å². The van der Waals surface area contributed by atoms with Crippen LogP contribution in [0, 0.1) is 11.8 Å². The van der Waals surface area contributed by atoms with Gasteiger partial charge in [0.25, 0.3) is 0 Å². The average molecular weight is 340 g/mol. The number of hydrogen-bond donors (Lipinski definition) is 0. The molecule has 0 spiro atoms. The van der Waals surface area contributed by atoms with Gasteiger partial charge in [0, 0.05) is 25.2 Å². The molecule has 0 aliphatic carbocycles. The van der Waals surface area contributed by atoms with Crippen LogP contribution >= 0.6 is 0 Å². The Balaban J connectivity index is 1.60. The minimum absolute atomic E-state index is 0.0288. The highest BCUT2D eigenvalue weighted by Crippen LogP contribution is 2.31. The summed E-state index contributed by atoms with van der Waals surface area (Å²) in [7, 11) is 0. The number of piperidine rings is 1. The summed E-state index contributed by atoms with van der Waals surface area (Å²) in [6.07, 6.45) is 1.16. The molecule has 3 aliphatic heterocycles. The number of carbonyl (C=O) groups excluding carboxylic acids is 2. The van der Waals surface area contributed by atoms with E-state index in [-0.39, 0.29) is 18.5 Å². The van der Waals surface area contributed by atoms with E-state index >= 15 is 0 Å². The van der Waals surface area contributed by atoms with E-state index in [2.05, 4.69) is 18.8 Å². The van der Waals surface area contributed by atoms with E-state index in [1.165, 1.54) is 0 Å².